The number of aromatic nitrogens is 4. The second kappa shape index (κ2) is 8.27. The molecule has 166 valence electrons. The molecule has 0 unspecified atom stereocenters. The highest BCUT2D eigenvalue weighted by molar-refractivity contribution is 7.16. The molecule has 0 bridgehead atoms. The first kappa shape index (κ1) is 22.4. The summed E-state index contributed by atoms with van der Waals surface area (Å²) in [5.74, 6) is 0.301. The number of nitrogens with zero attached hydrogens (tertiary/aromatic N) is 5. The molecule has 3 aromatic heterocycles. The Labute approximate surface area is 192 Å². The van der Waals surface area contributed by atoms with Gasteiger partial charge in [-0.05, 0) is 31.0 Å². The summed E-state index contributed by atoms with van der Waals surface area (Å²) in [4.78, 5) is 24.8. The third-order valence-corrected chi connectivity index (χ3v) is 11.9. The maximum atomic E-state index is 13.2. The van der Waals surface area contributed by atoms with Gasteiger partial charge in [0.2, 0.25) is 0 Å². The maximum absolute atomic E-state index is 13.2. The third-order valence-electron chi connectivity index (χ3n) is 6.28. The first-order chi connectivity index (χ1) is 14.5. The predicted octanol–water partition coefficient (Wildman–Crippen LogP) is 5.13. The van der Waals surface area contributed by atoms with Crippen LogP contribution in [0, 0.1) is 0 Å². The van der Waals surface area contributed by atoms with Gasteiger partial charge >= 0.3 is 0 Å². The molecule has 10 heteroatoms. The fourth-order valence-corrected chi connectivity index (χ4v) is 5.86. The van der Waals surface area contributed by atoms with Gasteiger partial charge in [0.25, 0.3) is 5.91 Å². The van der Waals surface area contributed by atoms with E-state index in [0.717, 1.165) is 23.2 Å². The predicted molar refractivity (Wildman–Crippen MR) is 126 cm³/mol. The van der Waals surface area contributed by atoms with Gasteiger partial charge in [-0.2, -0.15) is 5.10 Å². The molecule has 0 N–H and O–H groups in total. The number of likely N-dealkylation sites (tertiary alicyclic amines) is 1. The molecule has 1 saturated heterocycles. The molecule has 7 nitrogen and oxygen atoms in total. The Morgan fingerprint density at radius 3 is 2.65 bits per heavy atom. The summed E-state index contributed by atoms with van der Waals surface area (Å²) < 4.78 is 8.31. The molecule has 0 radical (unpaired) electrons. The molecule has 0 atom stereocenters. The van der Waals surface area contributed by atoms with Crippen LogP contribution < -0.4 is 0 Å². The molecule has 3 aromatic rings. The highest BCUT2D eigenvalue weighted by atomic mass is 35.5. The van der Waals surface area contributed by atoms with Gasteiger partial charge in [-0.15, -0.1) is 11.3 Å². The van der Waals surface area contributed by atoms with Gasteiger partial charge in [0.05, 0.1) is 11.8 Å². The van der Waals surface area contributed by atoms with Crippen molar-refractivity contribution in [3.05, 3.63) is 34.7 Å². The van der Waals surface area contributed by atoms with Crippen LogP contribution in [0.15, 0.2) is 23.8 Å². The fraction of sp³-hybridized carbons (Fsp3) is 0.524. The van der Waals surface area contributed by atoms with Crippen LogP contribution in [0.2, 0.25) is 23.3 Å². The minimum absolute atomic E-state index is 0.120. The number of carbonyl (C=O) groups excluding carboxylic acids is 1. The van der Waals surface area contributed by atoms with Crippen LogP contribution in [0.3, 0.4) is 0 Å². The first-order valence-corrected chi connectivity index (χ1v) is 14.6. The molecule has 4 heterocycles. The summed E-state index contributed by atoms with van der Waals surface area (Å²) in [7, 11) is -1.82. The molecule has 0 spiro atoms. The van der Waals surface area contributed by atoms with E-state index in [9.17, 15) is 4.79 Å². The standard InChI is InChI=1S/C21H28ClN5O2SSi/c1-21(2,3)31(4,5)29-14-6-8-26(9-7-14)19(28)16-12-17(22)25-18(24-16)15-13-23-27-10-11-30-20(15)27/h10-14H,6-9H2,1-5H3. The highest BCUT2D eigenvalue weighted by Crippen LogP contribution is 2.38. The fourth-order valence-electron chi connectivity index (χ4n) is 3.46. The Balaban J connectivity index is 1.47. The summed E-state index contributed by atoms with van der Waals surface area (Å²) in [5, 5.41) is 6.67. The average Bonchev–Trinajstić information content (AvgIpc) is 3.30. The molecule has 0 aliphatic carbocycles. The van der Waals surface area contributed by atoms with E-state index in [4.69, 9.17) is 16.0 Å². The molecular weight excluding hydrogens is 450 g/mol. The summed E-state index contributed by atoms with van der Waals surface area (Å²) in [6.07, 6.45) is 5.45. The maximum Gasteiger partial charge on any atom is 0.272 e. The normalized spacial score (nSPS) is 16.3. The molecule has 0 saturated carbocycles. The van der Waals surface area contributed by atoms with Gasteiger partial charge in [-0.25, -0.2) is 14.5 Å². The summed E-state index contributed by atoms with van der Waals surface area (Å²) in [6.45, 7) is 12.6. The zero-order valence-electron chi connectivity index (χ0n) is 18.6. The zero-order chi connectivity index (χ0) is 22.4. The third kappa shape index (κ3) is 4.55. The lowest BCUT2D eigenvalue weighted by Gasteiger charge is -2.41. The summed E-state index contributed by atoms with van der Waals surface area (Å²) >= 11 is 7.79. The number of rotatable bonds is 4. The minimum Gasteiger partial charge on any atom is -0.414 e. The SMILES string of the molecule is CC(C)(C)[Si](C)(C)OC1CCN(C(=O)c2cc(Cl)nc(-c3cnn4ccsc34)n2)CC1. The monoisotopic (exact) mass is 477 g/mol. The molecule has 31 heavy (non-hydrogen) atoms. The van der Waals surface area contributed by atoms with Crippen LogP contribution in [0.25, 0.3) is 16.2 Å². The van der Waals surface area contributed by atoms with Crippen molar-refractivity contribution in [3.63, 3.8) is 0 Å². The van der Waals surface area contributed by atoms with E-state index in [0.29, 0.717) is 24.6 Å². The van der Waals surface area contributed by atoms with Crippen molar-refractivity contribution >= 4 is 42.0 Å². The smallest absolute Gasteiger partial charge is 0.272 e. The number of amides is 1. The second-order valence-electron chi connectivity index (χ2n) is 9.48. The number of thiazole rings is 1. The Bertz CT molecular complexity index is 1100. The molecule has 0 aromatic carbocycles. The van der Waals surface area contributed by atoms with Crippen LogP contribution in [0.1, 0.15) is 44.1 Å². The van der Waals surface area contributed by atoms with E-state index in [2.05, 4.69) is 48.9 Å². The van der Waals surface area contributed by atoms with E-state index < -0.39 is 8.32 Å². The van der Waals surface area contributed by atoms with E-state index in [1.54, 1.807) is 28.1 Å². The van der Waals surface area contributed by atoms with Gasteiger partial charge in [-0.1, -0.05) is 32.4 Å². The van der Waals surface area contributed by atoms with Crippen molar-refractivity contribution in [1.29, 1.82) is 0 Å². The Hall–Kier alpha value is -1.81. The van der Waals surface area contributed by atoms with Gasteiger partial charge in [0.15, 0.2) is 14.1 Å². The number of halogens is 1. The topological polar surface area (TPSA) is 72.6 Å². The largest absolute Gasteiger partial charge is 0.414 e. The number of hydrogen-bond acceptors (Lipinski definition) is 6. The van der Waals surface area contributed by atoms with Crippen molar-refractivity contribution in [2.45, 2.75) is 57.8 Å². The Kier molecular flexibility index (Phi) is 5.97. The lowest BCUT2D eigenvalue weighted by molar-refractivity contribution is 0.0565. The zero-order valence-corrected chi connectivity index (χ0v) is 21.1. The van der Waals surface area contributed by atoms with Crippen molar-refractivity contribution < 1.29 is 9.22 Å². The van der Waals surface area contributed by atoms with E-state index in [1.165, 1.54) is 0 Å². The Morgan fingerprint density at radius 1 is 1.26 bits per heavy atom. The molecule has 1 amide bonds. The van der Waals surface area contributed by atoms with E-state index in [1.807, 2.05) is 16.5 Å². The van der Waals surface area contributed by atoms with Gasteiger partial charge in [0.1, 0.15) is 15.7 Å². The van der Waals surface area contributed by atoms with Gasteiger partial charge in [-0.3, -0.25) is 4.79 Å². The summed E-state index contributed by atoms with van der Waals surface area (Å²) in [6, 6.07) is 1.54. The van der Waals surface area contributed by atoms with Crippen molar-refractivity contribution in [3.8, 4) is 11.4 Å². The van der Waals surface area contributed by atoms with Crippen LogP contribution in [-0.4, -0.2) is 57.9 Å². The van der Waals surface area contributed by atoms with Crippen molar-refractivity contribution in [1.82, 2.24) is 24.5 Å². The minimum atomic E-state index is -1.82. The molecular formula is C21H28ClN5O2SSi. The Morgan fingerprint density at radius 2 is 1.97 bits per heavy atom. The molecule has 1 aliphatic rings. The first-order valence-electron chi connectivity index (χ1n) is 10.5. The van der Waals surface area contributed by atoms with Crippen LogP contribution in [0.5, 0.6) is 0 Å². The second-order valence-corrected chi connectivity index (χ2v) is 15.5. The number of piperidine rings is 1. The number of fused-ring (bicyclic) bond motifs is 1. The quantitative estimate of drug-likeness (QED) is 0.384. The van der Waals surface area contributed by atoms with Crippen molar-refractivity contribution in [2.24, 2.45) is 0 Å². The van der Waals surface area contributed by atoms with Crippen LogP contribution in [0.4, 0.5) is 0 Å². The van der Waals surface area contributed by atoms with Crippen LogP contribution >= 0.6 is 22.9 Å². The van der Waals surface area contributed by atoms with E-state index >= 15 is 0 Å². The lowest BCUT2D eigenvalue weighted by Crippen LogP contribution is -2.48. The van der Waals surface area contributed by atoms with Crippen LogP contribution in [-0.2, 0) is 4.43 Å². The van der Waals surface area contributed by atoms with Gasteiger partial charge < -0.3 is 9.33 Å². The summed E-state index contributed by atoms with van der Waals surface area (Å²) in [5.41, 5.74) is 1.09. The number of hydrogen-bond donors (Lipinski definition) is 0. The molecule has 1 fully saturated rings. The van der Waals surface area contributed by atoms with Crippen molar-refractivity contribution in [2.75, 3.05) is 13.1 Å². The lowest BCUT2D eigenvalue weighted by atomic mass is 10.1. The number of carbonyl (C=O) groups is 1. The van der Waals surface area contributed by atoms with Gasteiger partial charge in [0, 0.05) is 36.8 Å². The average molecular weight is 478 g/mol. The van der Waals surface area contributed by atoms with E-state index in [-0.39, 0.29) is 22.2 Å². The molecule has 4 rings (SSSR count). The molecule has 1 aliphatic heterocycles. The highest BCUT2D eigenvalue weighted by Gasteiger charge is 2.40.